The van der Waals surface area contributed by atoms with Gasteiger partial charge in [-0.2, -0.15) is 0 Å². The molecule has 0 aliphatic rings. The molecule has 0 saturated heterocycles. The van der Waals surface area contributed by atoms with Crippen molar-refractivity contribution in [1.29, 1.82) is 0 Å². The van der Waals surface area contributed by atoms with Gasteiger partial charge in [-0.3, -0.25) is 33.8 Å². The van der Waals surface area contributed by atoms with E-state index in [1.54, 1.807) is 0 Å². The molecular weight excluding hydrogens is 584 g/mol. The van der Waals surface area contributed by atoms with Crippen molar-refractivity contribution >= 4 is 29.8 Å². The second kappa shape index (κ2) is 28.7. The van der Waals surface area contributed by atoms with Crippen LogP contribution in [0.1, 0.15) is 116 Å². The van der Waals surface area contributed by atoms with Crippen LogP contribution in [0.3, 0.4) is 0 Å². The van der Waals surface area contributed by atoms with E-state index in [4.69, 9.17) is 15.3 Å². The molecule has 0 rings (SSSR count). The molecule has 0 aromatic heterocycles. The normalized spacial score (nSPS) is 12.0. The summed E-state index contributed by atoms with van der Waals surface area (Å²) in [5, 5.41) is 42.1. The lowest BCUT2D eigenvalue weighted by molar-refractivity contribution is -0.142. The molecule has 1 unspecified atom stereocenters. The number of amides is 1. The smallest absolute Gasteiger partial charge is 0.317 e. The number of hydrogen-bond donors (Lipinski definition) is 6. The van der Waals surface area contributed by atoms with E-state index < -0.39 is 56.1 Å². The van der Waals surface area contributed by atoms with Crippen molar-refractivity contribution in [2.24, 2.45) is 0 Å². The molecule has 0 saturated carbocycles. The Kier molecular flexibility index (Phi) is 26.9. The van der Waals surface area contributed by atoms with Crippen LogP contribution in [0.15, 0.2) is 0 Å². The molecule has 0 aromatic rings. The Bertz CT molecular complexity index is 812. The fraction of sp³-hybridized carbons (Fsp3) is 0.844. The summed E-state index contributed by atoms with van der Waals surface area (Å²) in [7, 11) is 0. The maximum Gasteiger partial charge on any atom is 0.317 e. The number of unbranched alkanes of at least 4 members (excludes halogenated alkanes) is 15. The van der Waals surface area contributed by atoms with Crippen LogP contribution in [0.25, 0.3) is 0 Å². The molecule has 0 aliphatic heterocycles. The molecule has 0 fully saturated rings. The first-order valence-corrected chi connectivity index (χ1v) is 16.8. The van der Waals surface area contributed by atoms with E-state index in [1.807, 2.05) is 0 Å². The van der Waals surface area contributed by atoms with Crippen LogP contribution in [0.2, 0.25) is 0 Å². The Morgan fingerprint density at radius 1 is 0.556 bits per heavy atom. The zero-order valence-corrected chi connectivity index (χ0v) is 27.5. The highest BCUT2D eigenvalue weighted by atomic mass is 16.4. The summed E-state index contributed by atoms with van der Waals surface area (Å²) in [5.41, 5.74) is 0. The molecule has 1 atom stereocenters. The lowest BCUT2D eigenvalue weighted by atomic mass is 10.0. The Balaban J connectivity index is 4.36. The Labute approximate surface area is 269 Å². The van der Waals surface area contributed by atoms with E-state index in [2.05, 4.69) is 17.6 Å². The molecule has 0 bridgehead atoms. The lowest BCUT2D eigenvalue weighted by Gasteiger charge is -2.28. The SMILES string of the molecule is CCCCCCCCCCCCCCCCCCNC(=O)CN(CC(=O)O)CC(CCN(CC(=O)O)CC(=O)O)NCC(=O)O. The topological polar surface area (TPSA) is 197 Å². The first-order chi connectivity index (χ1) is 21.5. The average molecular weight is 645 g/mol. The molecule has 262 valence electrons. The quantitative estimate of drug-likeness (QED) is 0.0568. The molecule has 6 N–H and O–H groups in total. The second-order valence-corrected chi connectivity index (χ2v) is 12.0. The van der Waals surface area contributed by atoms with E-state index in [0.717, 1.165) is 19.3 Å². The highest BCUT2D eigenvalue weighted by Gasteiger charge is 2.22. The van der Waals surface area contributed by atoms with Crippen LogP contribution in [-0.2, 0) is 24.0 Å². The van der Waals surface area contributed by atoms with E-state index in [9.17, 15) is 29.1 Å². The lowest BCUT2D eigenvalue weighted by Crippen LogP contribution is -2.49. The van der Waals surface area contributed by atoms with Crippen molar-refractivity contribution in [2.45, 2.75) is 122 Å². The summed E-state index contributed by atoms with van der Waals surface area (Å²) in [5.74, 6) is -5.06. The number of carbonyl (C=O) groups excluding carboxylic acids is 1. The van der Waals surface area contributed by atoms with Crippen LogP contribution < -0.4 is 10.6 Å². The minimum atomic E-state index is -1.21. The number of hydrogen-bond acceptors (Lipinski definition) is 8. The van der Waals surface area contributed by atoms with Gasteiger partial charge in [-0.05, 0) is 12.8 Å². The minimum Gasteiger partial charge on any atom is -0.480 e. The number of carboxylic acids is 4. The minimum absolute atomic E-state index is 0.0000299. The van der Waals surface area contributed by atoms with E-state index in [0.29, 0.717) is 6.54 Å². The van der Waals surface area contributed by atoms with Gasteiger partial charge in [-0.1, -0.05) is 103 Å². The highest BCUT2D eigenvalue weighted by molar-refractivity contribution is 5.79. The number of nitrogens with zero attached hydrogens (tertiary/aromatic N) is 2. The van der Waals surface area contributed by atoms with Crippen molar-refractivity contribution < 1.29 is 44.4 Å². The van der Waals surface area contributed by atoms with Crippen molar-refractivity contribution in [3.8, 4) is 0 Å². The Morgan fingerprint density at radius 3 is 1.40 bits per heavy atom. The summed E-state index contributed by atoms with van der Waals surface area (Å²) in [4.78, 5) is 59.8. The third-order valence-electron chi connectivity index (χ3n) is 7.61. The van der Waals surface area contributed by atoms with Crippen LogP contribution in [-0.4, -0.2) is 118 Å². The number of carbonyl (C=O) groups is 5. The summed E-state index contributed by atoms with van der Waals surface area (Å²) in [6, 6.07) is -0.626. The van der Waals surface area contributed by atoms with E-state index in [-0.39, 0.29) is 32.0 Å². The second-order valence-electron chi connectivity index (χ2n) is 12.0. The third-order valence-corrected chi connectivity index (χ3v) is 7.61. The van der Waals surface area contributed by atoms with Gasteiger partial charge >= 0.3 is 23.9 Å². The zero-order chi connectivity index (χ0) is 33.7. The van der Waals surface area contributed by atoms with Gasteiger partial charge < -0.3 is 31.1 Å². The zero-order valence-electron chi connectivity index (χ0n) is 27.5. The first-order valence-electron chi connectivity index (χ1n) is 16.8. The van der Waals surface area contributed by atoms with Crippen molar-refractivity contribution in [3.05, 3.63) is 0 Å². The monoisotopic (exact) mass is 644 g/mol. The maximum atomic E-state index is 12.6. The molecule has 13 nitrogen and oxygen atoms in total. The first kappa shape index (κ1) is 42.2. The van der Waals surface area contributed by atoms with Crippen LogP contribution in [0, 0.1) is 0 Å². The summed E-state index contributed by atoms with van der Waals surface area (Å²) in [6.07, 6.45) is 20.2. The molecule has 0 heterocycles. The van der Waals surface area contributed by atoms with Gasteiger partial charge in [0.1, 0.15) is 0 Å². The largest absolute Gasteiger partial charge is 0.480 e. The van der Waals surface area contributed by atoms with Gasteiger partial charge in [0.15, 0.2) is 0 Å². The molecule has 0 aliphatic carbocycles. The summed E-state index contributed by atoms with van der Waals surface area (Å²) in [6.45, 7) is 0.624. The van der Waals surface area contributed by atoms with Gasteiger partial charge in [-0.15, -0.1) is 0 Å². The van der Waals surface area contributed by atoms with E-state index >= 15 is 0 Å². The molecule has 45 heavy (non-hydrogen) atoms. The maximum absolute atomic E-state index is 12.6. The average Bonchev–Trinajstić information content (AvgIpc) is 2.94. The Hall–Kier alpha value is -2.77. The summed E-state index contributed by atoms with van der Waals surface area (Å²) < 4.78 is 0. The van der Waals surface area contributed by atoms with Gasteiger partial charge in [0.05, 0.1) is 32.7 Å². The van der Waals surface area contributed by atoms with E-state index in [1.165, 1.54) is 93.3 Å². The highest BCUT2D eigenvalue weighted by Crippen LogP contribution is 2.13. The van der Waals surface area contributed by atoms with Crippen molar-refractivity contribution in [3.63, 3.8) is 0 Å². The standard InChI is InChI=1S/C32H60N4O9/c1-2-3-4-5-6-7-8-9-10-11-12-13-14-15-16-17-19-33-28(37)23-36(26-32(44)45)22-27(34-21-29(38)39)18-20-35(24-30(40)41)25-31(42)43/h27,34H,2-26H2,1H3,(H,33,37)(H,38,39)(H,40,41)(H,42,43)(H,44,45). The fourth-order valence-corrected chi connectivity index (χ4v) is 5.27. The van der Waals surface area contributed by atoms with Gasteiger partial charge in [0, 0.05) is 25.7 Å². The number of nitrogens with one attached hydrogen (secondary N) is 2. The van der Waals surface area contributed by atoms with Crippen LogP contribution in [0.5, 0.6) is 0 Å². The van der Waals surface area contributed by atoms with Crippen LogP contribution >= 0.6 is 0 Å². The van der Waals surface area contributed by atoms with Gasteiger partial charge in [-0.25, -0.2) is 0 Å². The predicted molar refractivity (Wildman–Crippen MR) is 172 cm³/mol. The number of aliphatic carboxylic acids is 4. The molecule has 0 spiro atoms. The molecule has 1 amide bonds. The Morgan fingerprint density at radius 2 is 0.978 bits per heavy atom. The molecular formula is C32H60N4O9. The molecule has 0 radical (unpaired) electrons. The van der Waals surface area contributed by atoms with Gasteiger partial charge in [0.25, 0.3) is 0 Å². The molecule has 0 aromatic carbocycles. The van der Waals surface area contributed by atoms with Crippen molar-refractivity contribution in [1.82, 2.24) is 20.4 Å². The fourth-order valence-electron chi connectivity index (χ4n) is 5.27. The number of rotatable bonds is 33. The van der Waals surface area contributed by atoms with Crippen LogP contribution in [0.4, 0.5) is 0 Å². The molecule has 13 heteroatoms. The summed E-state index contributed by atoms with van der Waals surface area (Å²) >= 11 is 0. The van der Waals surface area contributed by atoms with Gasteiger partial charge in [0.2, 0.25) is 5.91 Å². The number of carboxylic acid groups (broad SMARTS) is 4. The third kappa shape index (κ3) is 29.7. The van der Waals surface area contributed by atoms with Crippen molar-refractivity contribution in [2.75, 3.05) is 52.4 Å². The predicted octanol–water partition coefficient (Wildman–Crippen LogP) is 3.65.